The molecule has 2 aromatic rings. The fraction of sp³-hybridized carbons (Fsp3) is 0.400. The number of nitrogens with zero attached hydrogens (tertiary/aromatic N) is 3. The van der Waals surface area contributed by atoms with Gasteiger partial charge in [-0.1, -0.05) is 18.2 Å². The van der Waals surface area contributed by atoms with Gasteiger partial charge >= 0.3 is 0 Å². The van der Waals surface area contributed by atoms with E-state index in [0.717, 1.165) is 19.5 Å². The molecule has 1 aliphatic heterocycles. The first kappa shape index (κ1) is 15.1. The minimum atomic E-state index is -3.46. The van der Waals surface area contributed by atoms with Crippen molar-refractivity contribution >= 4 is 15.7 Å². The topological polar surface area (TPSA) is 67.2 Å². The molecule has 0 saturated carbocycles. The summed E-state index contributed by atoms with van der Waals surface area (Å²) in [6, 6.07) is 10.2. The van der Waals surface area contributed by atoms with Gasteiger partial charge in [0, 0.05) is 38.6 Å². The highest BCUT2D eigenvalue weighted by Gasteiger charge is 2.25. The lowest BCUT2D eigenvalue weighted by Crippen LogP contribution is -2.31. The summed E-state index contributed by atoms with van der Waals surface area (Å²) in [6.45, 7) is 2.30. The van der Waals surface area contributed by atoms with E-state index in [9.17, 15) is 8.42 Å². The van der Waals surface area contributed by atoms with E-state index < -0.39 is 10.0 Å². The van der Waals surface area contributed by atoms with Crippen molar-refractivity contribution in [1.82, 2.24) is 14.5 Å². The molecule has 3 rings (SSSR count). The predicted octanol–water partition coefficient (Wildman–Crippen LogP) is 1.22. The Kier molecular flexibility index (Phi) is 4.17. The highest BCUT2D eigenvalue weighted by molar-refractivity contribution is 7.89. The van der Waals surface area contributed by atoms with E-state index in [1.807, 2.05) is 18.2 Å². The second kappa shape index (κ2) is 6.10. The van der Waals surface area contributed by atoms with Crippen LogP contribution >= 0.6 is 0 Å². The minimum absolute atomic E-state index is 0.216. The van der Waals surface area contributed by atoms with Gasteiger partial charge in [0.15, 0.2) is 0 Å². The number of sulfonamides is 1. The lowest BCUT2D eigenvalue weighted by molar-refractivity contribution is 0.541. The van der Waals surface area contributed by atoms with E-state index in [0.29, 0.717) is 12.5 Å². The van der Waals surface area contributed by atoms with Crippen molar-refractivity contribution in [3.05, 3.63) is 42.7 Å². The van der Waals surface area contributed by atoms with E-state index in [4.69, 9.17) is 0 Å². The van der Waals surface area contributed by atoms with Crippen LogP contribution in [0.2, 0.25) is 0 Å². The van der Waals surface area contributed by atoms with Crippen LogP contribution in [0.5, 0.6) is 0 Å². The zero-order chi connectivity index (χ0) is 15.6. The van der Waals surface area contributed by atoms with E-state index in [1.54, 1.807) is 7.05 Å². The predicted molar refractivity (Wildman–Crippen MR) is 85.2 cm³/mol. The lowest BCUT2D eigenvalue weighted by Gasteiger charge is -2.18. The number of para-hydroxylation sites is 1. The summed E-state index contributed by atoms with van der Waals surface area (Å²) in [6.07, 6.45) is 3.87. The van der Waals surface area contributed by atoms with Crippen LogP contribution in [-0.4, -0.2) is 37.8 Å². The number of aryl methyl sites for hydroxylation is 1. The number of hydrogen-bond donors (Lipinski definition) is 1. The molecular weight excluding hydrogens is 300 g/mol. The van der Waals surface area contributed by atoms with Crippen molar-refractivity contribution in [2.45, 2.75) is 11.3 Å². The van der Waals surface area contributed by atoms with E-state index in [1.165, 1.54) is 22.8 Å². The maximum absolute atomic E-state index is 12.2. The van der Waals surface area contributed by atoms with Crippen molar-refractivity contribution in [2.24, 2.45) is 13.0 Å². The zero-order valence-electron chi connectivity index (χ0n) is 12.5. The summed E-state index contributed by atoms with van der Waals surface area (Å²) in [7, 11) is -1.76. The van der Waals surface area contributed by atoms with Crippen LogP contribution in [0.1, 0.15) is 6.42 Å². The molecule has 0 aliphatic carbocycles. The Balaban J connectivity index is 1.57. The molecule has 1 atom stereocenters. The molecule has 0 unspecified atom stereocenters. The third kappa shape index (κ3) is 3.31. The number of anilines is 1. The molecule has 1 aliphatic rings. The molecule has 0 spiro atoms. The van der Waals surface area contributed by atoms with Gasteiger partial charge in [-0.2, -0.15) is 5.10 Å². The quantitative estimate of drug-likeness (QED) is 0.900. The van der Waals surface area contributed by atoms with Crippen LogP contribution in [-0.2, 0) is 17.1 Å². The molecule has 2 heterocycles. The van der Waals surface area contributed by atoms with Crippen molar-refractivity contribution in [2.75, 3.05) is 24.5 Å². The third-order valence-corrected chi connectivity index (χ3v) is 5.34. The second-order valence-electron chi connectivity index (χ2n) is 5.64. The Morgan fingerprint density at radius 1 is 1.32 bits per heavy atom. The lowest BCUT2D eigenvalue weighted by atomic mass is 10.1. The summed E-state index contributed by atoms with van der Waals surface area (Å²) in [5.41, 5.74) is 1.19. The van der Waals surface area contributed by atoms with E-state index in [2.05, 4.69) is 26.9 Å². The van der Waals surface area contributed by atoms with Crippen LogP contribution < -0.4 is 9.62 Å². The molecule has 22 heavy (non-hydrogen) atoms. The Morgan fingerprint density at radius 3 is 2.77 bits per heavy atom. The average molecular weight is 320 g/mol. The standard InChI is InChI=1S/C15H20N4O2S/c1-18-12-15(10-16-18)22(20,21)17-9-13-7-8-19(11-13)14-5-3-2-4-6-14/h2-6,10,12-13,17H,7-9,11H2,1H3/t13-/m0/s1. The van der Waals surface area contributed by atoms with Gasteiger partial charge in [-0.3, -0.25) is 4.68 Å². The van der Waals surface area contributed by atoms with Gasteiger partial charge in [0.25, 0.3) is 0 Å². The zero-order valence-corrected chi connectivity index (χ0v) is 13.3. The van der Waals surface area contributed by atoms with Gasteiger partial charge in [0.1, 0.15) is 4.90 Å². The van der Waals surface area contributed by atoms with Crippen molar-refractivity contribution < 1.29 is 8.42 Å². The van der Waals surface area contributed by atoms with Gasteiger partial charge in [-0.15, -0.1) is 0 Å². The van der Waals surface area contributed by atoms with E-state index in [-0.39, 0.29) is 4.90 Å². The molecule has 1 saturated heterocycles. The molecule has 0 amide bonds. The number of nitrogens with one attached hydrogen (secondary N) is 1. The summed E-state index contributed by atoms with van der Waals surface area (Å²) < 4.78 is 28.5. The number of rotatable bonds is 5. The van der Waals surface area contributed by atoms with Crippen LogP contribution in [0.25, 0.3) is 0 Å². The molecule has 1 aromatic heterocycles. The third-order valence-electron chi connectivity index (χ3n) is 3.96. The summed E-state index contributed by atoms with van der Waals surface area (Å²) in [4.78, 5) is 2.51. The van der Waals surface area contributed by atoms with Crippen LogP contribution in [0.15, 0.2) is 47.6 Å². The molecule has 118 valence electrons. The van der Waals surface area contributed by atoms with Crippen LogP contribution in [0.3, 0.4) is 0 Å². The van der Waals surface area contributed by atoms with Crippen molar-refractivity contribution in [1.29, 1.82) is 0 Å². The van der Waals surface area contributed by atoms with Crippen LogP contribution in [0.4, 0.5) is 5.69 Å². The Morgan fingerprint density at radius 2 is 2.09 bits per heavy atom. The average Bonchev–Trinajstić information content (AvgIpc) is 3.15. The van der Waals surface area contributed by atoms with E-state index >= 15 is 0 Å². The number of hydrogen-bond acceptors (Lipinski definition) is 4. The number of aromatic nitrogens is 2. The smallest absolute Gasteiger partial charge is 0.243 e. The molecule has 7 heteroatoms. The monoisotopic (exact) mass is 320 g/mol. The second-order valence-corrected chi connectivity index (χ2v) is 7.40. The highest BCUT2D eigenvalue weighted by atomic mass is 32.2. The molecule has 1 N–H and O–H groups in total. The van der Waals surface area contributed by atoms with Crippen molar-refractivity contribution in [3.63, 3.8) is 0 Å². The molecule has 6 nitrogen and oxygen atoms in total. The Hall–Kier alpha value is -1.86. The summed E-state index contributed by atoms with van der Waals surface area (Å²) in [5, 5.41) is 3.90. The SMILES string of the molecule is Cn1cc(S(=O)(=O)NC[C@@H]2CCN(c3ccccc3)C2)cn1. The largest absolute Gasteiger partial charge is 0.371 e. The molecule has 0 bridgehead atoms. The fourth-order valence-corrected chi connectivity index (χ4v) is 3.82. The Bertz CT molecular complexity index is 727. The van der Waals surface area contributed by atoms with Crippen molar-refractivity contribution in [3.8, 4) is 0 Å². The first-order chi connectivity index (χ1) is 10.5. The van der Waals surface area contributed by atoms with Gasteiger partial charge < -0.3 is 4.90 Å². The molecule has 1 aromatic carbocycles. The molecule has 0 radical (unpaired) electrons. The number of benzene rings is 1. The first-order valence-electron chi connectivity index (χ1n) is 7.33. The van der Waals surface area contributed by atoms with Gasteiger partial charge in [-0.05, 0) is 24.5 Å². The molecule has 1 fully saturated rings. The molecular formula is C15H20N4O2S. The fourth-order valence-electron chi connectivity index (χ4n) is 2.72. The van der Waals surface area contributed by atoms with Gasteiger partial charge in [0.2, 0.25) is 10.0 Å². The van der Waals surface area contributed by atoms with Gasteiger partial charge in [0.05, 0.1) is 6.20 Å². The maximum atomic E-state index is 12.2. The normalized spacial score (nSPS) is 18.8. The minimum Gasteiger partial charge on any atom is -0.371 e. The van der Waals surface area contributed by atoms with Gasteiger partial charge in [-0.25, -0.2) is 13.1 Å². The first-order valence-corrected chi connectivity index (χ1v) is 8.81. The maximum Gasteiger partial charge on any atom is 0.243 e. The van der Waals surface area contributed by atoms with Crippen LogP contribution in [0, 0.1) is 5.92 Å². The summed E-state index contributed by atoms with van der Waals surface area (Å²) in [5.74, 6) is 0.326. The Labute approximate surface area is 130 Å². The summed E-state index contributed by atoms with van der Waals surface area (Å²) >= 11 is 0. The highest BCUT2D eigenvalue weighted by Crippen LogP contribution is 2.23.